The van der Waals surface area contributed by atoms with Crippen molar-refractivity contribution in [2.45, 2.75) is 25.3 Å². The molecule has 1 unspecified atom stereocenters. The van der Waals surface area contributed by atoms with E-state index in [9.17, 15) is 4.79 Å². The van der Waals surface area contributed by atoms with E-state index in [1.807, 2.05) is 36.4 Å². The van der Waals surface area contributed by atoms with E-state index in [1.54, 1.807) is 0 Å². The molecule has 0 bridgehead atoms. The van der Waals surface area contributed by atoms with Gasteiger partial charge in [-0.3, -0.25) is 0 Å². The number of benzene rings is 1. The molecule has 1 aliphatic rings. The number of hydrogen-bond acceptors (Lipinski definition) is 3. The fourth-order valence-electron chi connectivity index (χ4n) is 2.19. The minimum absolute atomic E-state index is 0.0104. The molecule has 92 valence electrons. The lowest BCUT2D eigenvalue weighted by atomic mass is 10.0. The quantitative estimate of drug-likeness (QED) is 0.761. The largest absolute Gasteiger partial charge is 0.380 e. The predicted octanol–water partition coefficient (Wildman–Crippen LogP) is 2.78. The lowest BCUT2D eigenvalue weighted by Crippen LogP contribution is -2.21. The summed E-state index contributed by atoms with van der Waals surface area (Å²) in [5.74, 6) is 0.388. The Bertz CT molecular complexity index is 610. The first kappa shape index (κ1) is 11.0. The number of rotatable bonds is 2. The van der Waals surface area contributed by atoms with E-state index in [4.69, 9.17) is 4.52 Å². The SMILES string of the molecule is O=c1nc(-c2ccccc2)on1C1C=CCCC1. The van der Waals surface area contributed by atoms with Crippen LogP contribution in [-0.4, -0.2) is 9.72 Å². The van der Waals surface area contributed by atoms with Crippen molar-refractivity contribution >= 4 is 0 Å². The molecule has 0 saturated carbocycles. The summed E-state index contributed by atoms with van der Waals surface area (Å²) in [6.45, 7) is 0. The molecule has 0 radical (unpaired) electrons. The Balaban J connectivity index is 1.98. The van der Waals surface area contributed by atoms with Crippen LogP contribution in [0, 0.1) is 0 Å². The Morgan fingerprint density at radius 3 is 2.83 bits per heavy atom. The van der Waals surface area contributed by atoms with Gasteiger partial charge in [0.15, 0.2) is 0 Å². The molecule has 1 aromatic carbocycles. The van der Waals surface area contributed by atoms with Crippen molar-refractivity contribution in [1.29, 1.82) is 0 Å². The van der Waals surface area contributed by atoms with Gasteiger partial charge in [0.1, 0.15) is 0 Å². The molecule has 0 N–H and O–H groups in total. The highest BCUT2D eigenvalue weighted by molar-refractivity contribution is 5.51. The van der Waals surface area contributed by atoms with Gasteiger partial charge in [-0.2, -0.15) is 4.98 Å². The Hall–Kier alpha value is -2.10. The second-order valence-corrected chi connectivity index (χ2v) is 4.41. The second kappa shape index (κ2) is 4.64. The fraction of sp³-hybridized carbons (Fsp3) is 0.286. The molecule has 4 heteroatoms. The van der Waals surface area contributed by atoms with Crippen LogP contribution in [0.25, 0.3) is 11.5 Å². The summed E-state index contributed by atoms with van der Waals surface area (Å²) in [6.07, 6.45) is 7.19. The summed E-state index contributed by atoms with van der Waals surface area (Å²) in [5.41, 5.74) is 0.513. The average molecular weight is 242 g/mol. The van der Waals surface area contributed by atoms with Crippen molar-refractivity contribution in [2.24, 2.45) is 0 Å². The van der Waals surface area contributed by atoms with Crippen LogP contribution >= 0.6 is 0 Å². The first-order valence-electron chi connectivity index (χ1n) is 6.16. The summed E-state index contributed by atoms with van der Waals surface area (Å²) in [5, 5.41) is 0. The van der Waals surface area contributed by atoms with Crippen molar-refractivity contribution < 1.29 is 4.52 Å². The molecule has 1 heterocycles. The second-order valence-electron chi connectivity index (χ2n) is 4.41. The summed E-state index contributed by atoms with van der Waals surface area (Å²) in [7, 11) is 0. The smallest absolute Gasteiger partial charge is 0.353 e. The molecule has 1 atom stereocenters. The Morgan fingerprint density at radius 1 is 1.28 bits per heavy atom. The molecule has 0 saturated heterocycles. The summed E-state index contributed by atoms with van der Waals surface area (Å²) in [6, 6.07) is 9.49. The van der Waals surface area contributed by atoms with Gasteiger partial charge in [0, 0.05) is 5.56 Å². The van der Waals surface area contributed by atoms with Crippen LogP contribution in [0.2, 0.25) is 0 Å². The minimum Gasteiger partial charge on any atom is -0.353 e. The normalized spacial score (nSPS) is 19.0. The summed E-state index contributed by atoms with van der Waals surface area (Å²) < 4.78 is 6.95. The molecule has 2 aromatic rings. The van der Waals surface area contributed by atoms with Gasteiger partial charge in [0.25, 0.3) is 5.89 Å². The van der Waals surface area contributed by atoms with Crippen molar-refractivity contribution in [2.75, 3.05) is 0 Å². The maximum absolute atomic E-state index is 11.8. The molecule has 4 nitrogen and oxygen atoms in total. The molecular formula is C14H14N2O2. The molecule has 18 heavy (non-hydrogen) atoms. The maximum Gasteiger partial charge on any atom is 0.380 e. The number of aromatic nitrogens is 2. The standard InChI is InChI=1S/C14H14N2O2/c17-14-15-13(11-7-3-1-4-8-11)18-16(14)12-9-5-2-6-10-12/h1,3-5,7-9,12H,2,6,10H2. The van der Waals surface area contributed by atoms with Crippen LogP contribution in [0.1, 0.15) is 25.3 Å². The van der Waals surface area contributed by atoms with Gasteiger partial charge in [0.05, 0.1) is 6.04 Å². The number of hydrogen-bond donors (Lipinski definition) is 0. The molecule has 3 rings (SSSR count). The van der Waals surface area contributed by atoms with Crippen LogP contribution in [0.15, 0.2) is 51.8 Å². The Kier molecular flexibility index (Phi) is 2.84. The third-order valence-electron chi connectivity index (χ3n) is 3.12. The first-order chi connectivity index (χ1) is 8.84. The highest BCUT2D eigenvalue weighted by Gasteiger charge is 2.18. The average Bonchev–Trinajstić information content (AvgIpc) is 2.83. The van der Waals surface area contributed by atoms with Gasteiger partial charge in [-0.15, -0.1) is 4.74 Å². The summed E-state index contributed by atoms with van der Waals surface area (Å²) in [4.78, 5) is 15.8. The van der Waals surface area contributed by atoms with E-state index >= 15 is 0 Å². The minimum atomic E-state index is -0.314. The molecular weight excluding hydrogens is 228 g/mol. The van der Waals surface area contributed by atoms with Gasteiger partial charge in [-0.25, -0.2) is 4.79 Å². The van der Waals surface area contributed by atoms with Crippen LogP contribution < -0.4 is 5.69 Å². The van der Waals surface area contributed by atoms with E-state index in [-0.39, 0.29) is 11.7 Å². The lowest BCUT2D eigenvalue weighted by Gasteiger charge is -2.14. The number of allylic oxidation sites excluding steroid dienone is 2. The molecule has 1 aromatic heterocycles. The zero-order chi connectivity index (χ0) is 12.4. The van der Waals surface area contributed by atoms with Crippen molar-refractivity contribution in [3.8, 4) is 11.5 Å². The Labute approximate surface area is 105 Å². The van der Waals surface area contributed by atoms with Gasteiger partial charge < -0.3 is 4.52 Å². The Morgan fingerprint density at radius 2 is 2.11 bits per heavy atom. The van der Waals surface area contributed by atoms with E-state index in [2.05, 4.69) is 11.1 Å². The summed E-state index contributed by atoms with van der Waals surface area (Å²) >= 11 is 0. The lowest BCUT2D eigenvalue weighted by molar-refractivity contribution is 0.231. The van der Waals surface area contributed by atoms with Crippen molar-refractivity contribution in [3.05, 3.63) is 53.0 Å². The van der Waals surface area contributed by atoms with Gasteiger partial charge >= 0.3 is 5.69 Å². The first-order valence-corrected chi connectivity index (χ1v) is 6.16. The van der Waals surface area contributed by atoms with E-state index in [0.717, 1.165) is 24.8 Å². The van der Waals surface area contributed by atoms with Gasteiger partial charge in [-0.1, -0.05) is 30.4 Å². The zero-order valence-corrected chi connectivity index (χ0v) is 9.95. The molecule has 0 fully saturated rings. The van der Waals surface area contributed by atoms with E-state index < -0.39 is 0 Å². The molecule has 1 aliphatic carbocycles. The predicted molar refractivity (Wildman–Crippen MR) is 68.2 cm³/mol. The number of nitrogens with zero attached hydrogens (tertiary/aromatic N) is 2. The van der Waals surface area contributed by atoms with Crippen LogP contribution in [0.4, 0.5) is 0 Å². The van der Waals surface area contributed by atoms with Crippen molar-refractivity contribution in [1.82, 2.24) is 9.72 Å². The van der Waals surface area contributed by atoms with Crippen LogP contribution in [0.5, 0.6) is 0 Å². The molecule has 0 amide bonds. The molecule has 0 aliphatic heterocycles. The topological polar surface area (TPSA) is 48.0 Å². The highest BCUT2D eigenvalue weighted by atomic mass is 16.5. The van der Waals surface area contributed by atoms with Crippen molar-refractivity contribution in [3.63, 3.8) is 0 Å². The van der Waals surface area contributed by atoms with Gasteiger partial charge in [-0.05, 0) is 31.4 Å². The third kappa shape index (κ3) is 2.01. The fourth-order valence-corrected chi connectivity index (χ4v) is 2.19. The monoisotopic (exact) mass is 242 g/mol. The van der Waals surface area contributed by atoms with Crippen LogP contribution in [0.3, 0.4) is 0 Å². The molecule has 0 spiro atoms. The van der Waals surface area contributed by atoms with E-state index in [0.29, 0.717) is 5.89 Å². The zero-order valence-electron chi connectivity index (χ0n) is 9.95. The maximum atomic E-state index is 11.8. The highest BCUT2D eigenvalue weighted by Crippen LogP contribution is 2.23. The third-order valence-corrected chi connectivity index (χ3v) is 3.12. The van der Waals surface area contributed by atoms with Crippen LogP contribution in [-0.2, 0) is 0 Å². The van der Waals surface area contributed by atoms with E-state index in [1.165, 1.54) is 4.74 Å². The van der Waals surface area contributed by atoms with Gasteiger partial charge in [0.2, 0.25) is 0 Å².